The Labute approximate surface area is 594 Å². The maximum absolute atomic E-state index is 14.1. The lowest BCUT2D eigenvalue weighted by Gasteiger charge is -2.41. The molecule has 4 N–H and O–H groups in total. The van der Waals surface area contributed by atoms with Gasteiger partial charge in [-0.3, -0.25) is 29.8 Å². The zero-order valence-electron chi connectivity index (χ0n) is 61.4. The van der Waals surface area contributed by atoms with E-state index in [2.05, 4.69) is 10.6 Å². The molecule has 99 heavy (non-hydrogen) atoms. The Bertz CT molecular complexity index is 3530. The molecule has 4 saturated heterocycles. The van der Waals surface area contributed by atoms with Crippen LogP contribution < -0.4 is 20.4 Å². The van der Waals surface area contributed by atoms with Crippen LogP contribution in [-0.4, -0.2) is 167 Å². The van der Waals surface area contributed by atoms with Gasteiger partial charge in [0.2, 0.25) is 23.6 Å². The lowest BCUT2D eigenvalue weighted by atomic mass is 9.82. The largest absolute Gasteiger partial charge is 0.457 e. The van der Waals surface area contributed by atoms with Gasteiger partial charge in [-0.15, -0.1) is 0 Å². The number of hydrogen-bond acceptors (Lipinski definition) is 16. The smallest absolute Gasteiger partial charge is 0.409 e. The molecule has 2 aromatic carbocycles. The first-order valence-electron chi connectivity index (χ1n) is 34.5. The first-order valence-corrected chi connectivity index (χ1v) is 35.2. The number of carbonyl (C=O) groups excluding carboxylic acids is 8. The lowest BCUT2D eigenvalue weighted by molar-refractivity contribution is -0.162. The third-order valence-corrected chi connectivity index (χ3v) is 21.9. The highest BCUT2D eigenvalue weighted by molar-refractivity contribution is 6.35. The number of epoxide rings is 2. The molecule has 6 amide bonds. The van der Waals surface area contributed by atoms with Gasteiger partial charge in [-0.05, 0) is 121 Å². The van der Waals surface area contributed by atoms with Crippen LogP contribution in [-0.2, 0) is 70.0 Å². The third-order valence-electron chi connectivity index (χ3n) is 20.9. The SMILES string of the molecule is C/C1=C\C=C\C(C)C2(O)CC(OC(=O)N2)C(C)C2OC2(C)C(OC(=O)[C@H](C)N(C)C(=O)CCC(C)(C)C)CC(=O)N(C)c2cc(cc(C)c2Cl)C1.CCCC(=O)N(C)[C@@H](C)C(=O)OC1CC(=O)N(C)c2cc(cc(C)c2Cl)C/C(C)=C/C=C/C(C)C2(O)CC(OC(=O)N2)C(C)C2OC12C. The summed E-state index contributed by atoms with van der Waals surface area (Å²) in [5, 5.41) is 29.3. The number of esters is 2. The Balaban J connectivity index is 0.000000279. The second kappa shape index (κ2) is 31.6. The number of anilines is 2. The van der Waals surface area contributed by atoms with Crippen molar-refractivity contribution in [3.8, 4) is 0 Å². The van der Waals surface area contributed by atoms with Gasteiger partial charge in [0.1, 0.15) is 59.2 Å². The molecule has 8 bridgehead atoms. The minimum absolute atomic E-state index is 0.0544. The number of halogens is 2. The van der Waals surface area contributed by atoms with Crippen molar-refractivity contribution in [3.05, 3.63) is 104 Å². The van der Waals surface area contributed by atoms with Crippen LogP contribution in [0.5, 0.6) is 0 Å². The van der Waals surface area contributed by atoms with Crippen molar-refractivity contribution in [2.24, 2.45) is 29.1 Å². The van der Waals surface area contributed by atoms with E-state index in [4.69, 9.17) is 51.6 Å². The van der Waals surface area contributed by atoms with E-state index in [0.29, 0.717) is 47.1 Å². The van der Waals surface area contributed by atoms with E-state index in [9.17, 15) is 48.6 Å². The molecule has 6 heterocycles. The summed E-state index contributed by atoms with van der Waals surface area (Å²) in [4.78, 5) is 112. The van der Waals surface area contributed by atoms with Crippen LogP contribution >= 0.6 is 23.2 Å². The van der Waals surface area contributed by atoms with Crippen molar-refractivity contribution in [1.29, 1.82) is 0 Å². The van der Waals surface area contributed by atoms with Gasteiger partial charge in [0.05, 0.1) is 46.5 Å². The van der Waals surface area contributed by atoms with E-state index in [-0.39, 0.29) is 67.6 Å². The highest BCUT2D eigenvalue weighted by atomic mass is 35.5. The first kappa shape index (κ1) is 79.5. The number of nitrogens with zero attached hydrogens (tertiary/aromatic N) is 4. The van der Waals surface area contributed by atoms with E-state index >= 15 is 0 Å². The molecular formula is C75H106Cl2N6O16. The normalized spacial score (nSPS) is 32.8. The first-order chi connectivity index (χ1) is 46.0. The molecule has 2 aromatic rings. The van der Waals surface area contributed by atoms with E-state index < -0.39 is 119 Å². The second-order valence-electron chi connectivity index (χ2n) is 30.1. The predicted octanol–water partition coefficient (Wildman–Crippen LogP) is 11.5. The molecule has 22 nitrogen and oxygen atoms in total. The van der Waals surface area contributed by atoms with Crippen LogP contribution in [0.1, 0.15) is 171 Å². The minimum atomic E-state index is -1.59. The zero-order valence-corrected chi connectivity index (χ0v) is 62.9. The van der Waals surface area contributed by atoms with Crippen molar-refractivity contribution >= 4 is 82.3 Å². The summed E-state index contributed by atoms with van der Waals surface area (Å²) >= 11 is 13.5. The number of aryl methyl sites for hydroxylation is 2. The van der Waals surface area contributed by atoms with E-state index in [0.717, 1.165) is 33.4 Å². The van der Waals surface area contributed by atoms with Gasteiger partial charge in [-0.1, -0.05) is 138 Å². The fourth-order valence-corrected chi connectivity index (χ4v) is 13.8. The number of amides is 6. The van der Waals surface area contributed by atoms with Gasteiger partial charge in [0.15, 0.2) is 0 Å². The summed E-state index contributed by atoms with van der Waals surface area (Å²) < 4.78 is 36.0. The Hall–Kier alpha value is -6.82. The number of benzene rings is 2. The van der Waals surface area contributed by atoms with Crippen LogP contribution in [0.2, 0.25) is 10.0 Å². The van der Waals surface area contributed by atoms with Gasteiger partial charge >= 0.3 is 24.1 Å². The number of allylic oxidation sites excluding steroid dienone is 6. The van der Waals surface area contributed by atoms with Crippen LogP contribution in [0.3, 0.4) is 0 Å². The molecule has 4 fully saturated rings. The summed E-state index contributed by atoms with van der Waals surface area (Å²) in [5.41, 5.74) is 1.09. The molecule has 6 aliphatic heterocycles. The van der Waals surface area contributed by atoms with Crippen molar-refractivity contribution < 1.29 is 77.0 Å². The average Bonchev–Trinajstić information content (AvgIpc) is 1.58. The molecule has 0 saturated carbocycles. The van der Waals surface area contributed by atoms with Gasteiger partial charge in [-0.25, -0.2) is 19.2 Å². The second-order valence-corrected chi connectivity index (χ2v) is 30.9. The number of nitrogens with one attached hydrogen (secondary N) is 2. The fraction of sp³-hybridized carbons (Fsp3) is 0.627. The zero-order chi connectivity index (χ0) is 73.9. The van der Waals surface area contributed by atoms with Crippen molar-refractivity contribution in [2.45, 2.75) is 246 Å². The maximum Gasteiger partial charge on any atom is 0.409 e. The topological polar surface area (TPSA) is 276 Å². The summed E-state index contributed by atoms with van der Waals surface area (Å²) in [6, 6.07) is 5.87. The molecule has 6 aliphatic rings. The predicted molar refractivity (Wildman–Crippen MR) is 379 cm³/mol. The van der Waals surface area contributed by atoms with E-state index in [1.165, 1.54) is 19.6 Å². The highest BCUT2D eigenvalue weighted by Crippen LogP contribution is 2.51. The highest BCUT2D eigenvalue weighted by Gasteiger charge is 2.66. The van der Waals surface area contributed by atoms with Crippen LogP contribution in [0, 0.1) is 42.9 Å². The fourth-order valence-electron chi connectivity index (χ4n) is 13.4. The number of aliphatic hydroxyl groups is 2. The third kappa shape index (κ3) is 18.8. The number of carbonyl (C=O) groups is 8. The number of hydrogen-bond donors (Lipinski definition) is 4. The summed E-state index contributed by atoms with van der Waals surface area (Å²) in [6.45, 7) is 29.8. The number of fused-ring (bicyclic) bond motifs is 10. The van der Waals surface area contributed by atoms with Gasteiger partial charge < -0.3 is 58.2 Å². The van der Waals surface area contributed by atoms with Crippen molar-refractivity contribution in [2.75, 3.05) is 38.0 Å². The number of ether oxygens (including phenoxy) is 6. The van der Waals surface area contributed by atoms with E-state index in [1.54, 1.807) is 55.9 Å². The number of rotatable bonds is 10. The number of likely N-dealkylation sites (N-methyl/N-ethyl adjacent to an activating group) is 2. The molecule has 24 heteroatoms. The molecule has 16 atom stereocenters. The molecule has 0 aromatic heterocycles. The van der Waals surface area contributed by atoms with Crippen molar-refractivity contribution in [1.82, 2.24) is 20.4 Å². The summed E-state index contributed by atoms with van der Waals surface area (Å²) in [7, 11) is 6.38. The standard InChI is InChI=1S/C39H56ClN3O8.C36H50ClN3O8/c1-22-13-12-14-24(3)39(48)21-29(49-36(47)41-39)25(4)34-38(9,51-34)30(50-35(46)26(5)42(10)31(44)15-16-37(6,7)8)20-32(45)43(11)28-19-27(17-22)18-23(2)33(28)40;1-10-12-29(41)39(8)24(6)33(43)47-28-18-30(42)40(9)26-17-25(16-21(3)31(26)37)15-20(2)13-11-14-22(4)36(45)19-27(46-34(44)38-36)23(5)32-35(28,7)48-32/h12-14,18-19,24-26,29-30,34,48H,15-17,20-21H2,1-11H3,(H,41,47);11,13-14,16-17,22-24,27-28,32,45H,10,12,15,18-19H2,1-9H3,(H,38,44)/b14-12+,22-13+;14-11+,20-13+/t24?,25?,26-,29?,30?,34?,38?,39?;22?,23?,24-,27?,28?,32?,35?,36?/m00/s1. The maximum atomic E-state index is 14.1. The minimum Gasteiger partial charge on any atom is -0.457 e. The van der Waals surface area contributed by atoms with E-state index in [1.807, 2.05) is 144 Å². The van der Waals surface area contributed by atoms with Crippen molar-refractivity contribution in [3.63, 3.8) is 0 Å². The molecule has 546 valence electrons. The van der Waals surface area contributed by atoms with Gasteiger partial charge in [-0.2, -0.15) is 0 Å². The summed E-state index contributed by atoms with van der Waals surface area (Å²) in [6.07, 6.45) is 7.70. The number of alkyl carbamates (subject to hydrolysis) is 2. The molecular weight excluding hydrogens is 1310 g/mol. The molecule has 0 spiro atoms. The summed E-state index contributed by atoms with van der Waals surface area (Å²) in [5.74, 6) is -4.28. The average molecular weight is 1420 g/mol. The van der Waals surface area contributed by atoms with Gasteiger partial charge in [0.25, 0.3) is 0 Å². The molecule has 0 radical (unpaired) electrons. The lowest BCUT2D eigenvalue weighted by Crippen LogP contribution is -2.60. The monoisotopic (exact) mass is 1420 g/mol. The van der Waals surface area contributed by atoms with Crippen LogP contribution in [0.4, 0.5) is 21.0 Å². The quantitative estimate of drug-likeness (QED) is 0.0977. The molecule has 0 aliphatic carbocycles. The van der Waals surface area contributed by atoms with Crippen LogP contribution in [0.25, 0.3) is 0 Å². The Kier molecular flexibility index (Phi) is 25.4. The Morgan fingerprint density at radius 3 is 1.36 bits per heavy atom. The Morgan fingerprint density at radius 1 is 0.646 bits per heavy atom. The molecule has 14 unspecified atom stereocenters. The Morgan fingerprint density at radius 2 is 1.01 bits per heavy atom. The molecule has 8 rings (SSSR count). The van der Waals surface area contributed by atoms with Gasteiger partial charge in [0, 0.05) is 77.5 Å². The van der Waals surface area contributed by atoms with Crippen LogP contribution in [0.15, 0.2) is 71.9 Å².